The Bertz CT molecular complexity index is 992. The van der Waals surface area contributed by atoms with Crippen LogP contribution < -0.4 is 4.90 Å². The summed E-state index contributed by atoms with van der Waals surface area (Å²) in [6.07, 6.45) is 3.61. The molecule has 8 nitrogen and oxygen atoms in total. The quantitative estimate of drug-likeness (QED) is 0.482. The molecule has 1 aliphatic rings. The molecule has 1 aromatic carbocycles. The number of H-pyrrole nitrogens is 1. The Labute approximate surface area is 176 Å². The first-order chi connectivity index (χ1) is 14.4. The Hall–Kier alpha value is -2.65. The van der Waals surface area contributed by atoms with Crippen LogP contribution in [0.15, 0.2) is 41.4 Å². The van der Waals surface area contributed by atoms with Crippen LogP contribution in [0.1, 0.15) is 47.5 Å². The molecule has 0 radical (unpaired) electrons. The van der Waals surface area contributed by atoms with E-state index in [1.54, 1.807) is 38.2 Å². The lowest BCUT2D eigenvalue weighted by molar-refractivity contribution is 0.0474. The van der Waals surface area contributed by atoms with Gasteiger partial charge < -0.3 is 14.6 Å². The standard InChI is InChI=1S/C21H27N3O5S/c1-3-24(4-2)30(27,28)16-9-10-19(23-12-5-6-13-23)17(14-16)21(26)29-15-20(25)18-8-7-11-22-18/h7-11,14,22H,3-6,12-13,15H2,1-2H3. The van der Waals surface area contributed by atoms with Crippen molar-refractivity contribution in [2.24, 2.45) is 0 Å². The van der Waals surface area contributed by atoms with Crippen molar-refractivity contribution in [1.29, 1.82) is 0 Å². The smallest absolute Gasteiger partial charge is 0.340 e. The molecule has 0 spiro atoms. The number of esters is 1. The van der Waals surface area contributed by atoms with Gasteiger partial charge in [0.05, 0.1) is 21.8 Å². The third kappa shape index (κ3) is 4.57. The van der Waals surface area contributed by atoms with Crippen molar-refractivity contribution < 1.29 is 22.7 Å². The Morgan fingerprint density at radius 2 is 1.83 bits per heavy atom. The first kappa shape index (κ1) is 22.0. The van der Waals surface area contributed by atoms with Crippen molar-refractivity contribution in [2.75, 3.05) is 37.7 Å². The van der Waals surface area contributed by atoms with Gasteiger partial charge in [-0.15, -0.1) is 0 Å². The second kappa shape index (κ2) is 9.44. The second-order valence-electron chi connectivity index (χ2n) is 7.05. The zero-order chi connectivity index (χ0) is 21.7. The van der Waals surface area contributed by atoms with Crippen molar-refractivity contribution in [3.63, 3.8) is 0 Å². The summed E-state index contributed by atoms with van der Waals surface area (Å²) >= 11 is 0. The minimum Gasteiger partial charge on any atom is -0.454 e. The van der Waals surface area contributed by atoms with Crippen molar-refractivity contribution >= 4 is 27.5 Å². The summed E-state index contributed by atoms with van der Waals surface area (Å²) in [4.78, 5) is 29.9. The van der Waals surface area contributed by atoms with Crippen molar-refractivity contribution in [3.8, 4) is 0 Å². The van der Waals surface area contributed by atoms with E-state index < -0.39 is 22.6 Å². The zero-order valence-electron chi connectivity index (χ0n) is 17.3. The van der Waals surface area contributed by atoms with Gasteiger partial charge in [0.25, 0.3) is 0 Å². The fourth-order valence-electron chi connectivity index (χ4n) is 3.58. The SMILES string of the molecule is CCN(CC)S(=O)(=O)c1ccc(N2CCCC2)c(C(=O)OCC(=O)c2ccc[nH]2)c1. The highest BCUT2D eigenvalue weighted by Gasteiger charge is 2.27. The van der Waals surface area contributed by atoms with Gasteiger partial charge in [-0.2, -0.15) is 4.31 Å². The number of carbonyl (C=O) groups is 2. The molecule has 1 saturated heterocycles. The number of aromatic nitrogens is 1. The molecule has 9 heteroatoms. The highest BCUT2D eigenvalue weighted by Crippen LogP contribution is 2.29. The normalized spacial score (nSPS) is 14.3. The maximum atomic E-state index is 12.9. The molecule has 0 saturated carbocycles. The molecule has 0 amide bonds. The van der Waals surface area contributed by atoms with E-state index in [9.17, 15) is 18.0 Å². The van der Waals surface area contributed by atoms with Crippen molar-refractivity contribution in [1.82, 2.24) is 9.29 Å². The molecule has 0 aliphatic carbocycles. The number of sulfonamides is 1. The van der Waals surface area contributed by atoms with Gasteiger partial charge in [0.1, 0.15) is 0 Å². The summed E-state index contributed by atoms with van der Waals surface area (Å²) in [6.45, 7) is 5.33. The molecule has 0 atom stereocenters. The number of hydrogen-bond acceptors (Lipinski definition) is 6. The van der Waals surface area contributed by atoms with Gasteiger partial charge in [0, 0.05) is 32.4 Å². The van der Waals surface area contributed by atoms with E-state index in [1.807, 2.05) is 4.90 Å². The molecular formula is C21H27N3O5S. The molecule has 2 aromatic rings. The van der Waals surface area contributed by atoms with E-state index in [1.165, 1.54) is 16.4 Å². The predicted octanol–water partition coefficient (Wildman–Crippen LogP) is 2.69. The number of benzene rings is 1. The van der Waals surface area contributed by atoms with E-state index >= 15 is 0 Å². The number of ketones is 1. The van der Waals surface area contributed by atoms with Crippen LogP contribution in [0.3, 0.4) is 0 Å². The predicted molar refractivity (Wildman–Crippen MR) is 113 cm³/mol. The van der Waals surface area contributed by atoms with Crippen molar-refractivity contribution in [2.45, 2.75) is 31.6 Å². The molecule has 2 heterocycles. The number of Topliss-reactive ketones (excluding diaryl/α,β-unsaturated/α-hetero) is 1. The molecule has 1 aromatic heterocycles. The number of nitrogens with one attached hydrogen (secondary N) is 1. The molecule has 162 valence electrons. The maximum absolute atomic E-state index is 12.9. The monoisotopic (exact) mass is 433 g/mol. The van der Waals surface area contributed by atoms with Gasteiger partial charge in [-0.05, 0) is 43.2 Å². The number of anilines is 1. The molecule has 1 N–H and O–H groups in total. The summed E-state index contributed by atoms with van der Waals surface area (Å²) in [7, 11) is -3.73. The summed E-state index contributed by atoms with van der Waals surface area (Å²) in [5.41, 5.74) is 1.13. The average molecular weight is 434 g/mol. The van der Waals surface area contributed by atoms with Gasteiger partial charge >= 0.3 is 5.97 Å². The first-order valence-corrected chi connectivity index (χ1v) is 11.5. The Morgan fingerprint density at radius 3 is 2.43 bits per heavy atom. The van der Waals surface area contributed by atoms with Crippen LogP contribution in [-0.4, -0.2) is 62.2 Å². The lowest BCUT2D eigenvalue weighted by atomic mass is 10.1. The first-order valence-electron chi connectivity index (χ1n) is 10.1. The largest absolute Gasteiger partial charge is 0.454 e. The van der Waals surface area contributed by atoms with Crippen LogP contribution in [0.5, 0.6) is 0 Å². The van der Waals surface area contributed by atoms with Crippen LogP contribution in [-0.2, 0) is 14.8 Å². The highest BCUT2D eigenvalue weighted by atomic mass is 32.2. The maximum Gasteiger partial charge on any atom is 0.340 e. The summed E-state index contributed by atoms with van der Waals surface area (Å²) < 4.78 is 32.4. The Morgan fingerprint density at radius 1 is 1.13 bits per heavy atom. The summed E-state index contributed by atoms with van der Waals surface area (Å²) in [5, 5.41) is 0. The average Bonchev–Trinajstić information content (AvgIpc) is 3.46. The summed E-state index contributed by atoms with van der Waals surface area (Å²) in [5.74, 6) is -1.07. The zero-order valence-corrected chi connectivity index (χ0v) is 18.1. The number of aromatic amines is 1. The van der Waals surface area contributed by atoms with Crippen LogP contribution in [0.25, 0.3) is 0 Å². The lowest BCUT2D eigenvalue weighted by Crippen LogP contribution is -2.31. The van der Waals surface area contributed by atoms with Crippen LogP contribution in [0.4, 0.5) is 5.69 Å². The van der Waals surface area contributed by atoms with E-state index in [0.29, 0.717) is 24.5 Å². The number of nitrogens with zero attached hydrogens (tertiary/aromatic N) is 2. The molecule has 30 heavy (non-hydrogen) atoms. The molecule has 0 unspecified atom stereocenters. The van der Waals surface area contributed by atoms with E-state index in [2.05, 4.69) is 4.98 Å². The van der Waals surface area contributed by atoms with E-state index in [0.717, 1.165) is 25.9 Å². The van der Waals surface area contributed by atoms with E-state index in [4.69, 9.17) is 4.74 Å². The number of rotatable bonds is 9. The highest BCUT2D eigenvalue weighted by molar-refractivity contribution is 7.89. The summed E-state index contributed by atoms with van der Waals surface area (Å²) in [6, 6.07) is 7.83. The molecule has 0 bridgehead atoms. The third-order valence-corrected chi connectivity index (χ3v) is 7.26. The number of carbonyl (C=O) groups excluding carboxylic acids is 2. The van der Waals surface area contributed by atoms with Crippen LogP contribution in [0, 0.1) is 0 Å². The molecular weight excluding hydrogens is 406 g/mol. The lowest BCUT2D eigenvalue weighted by Gasteiger charge is -2.23. The topological polar surface area (TPSA) is 99.8 Å². The van der Waals surface area contributed by atoms with Crippen molar-refractivity contribution in [3.05, 3.63) is 47.8 Å². The fourth-order valence-corrected chi connectivity index (χ4v) is 5.06. The number of hydrogen-bond donors (Lipinski definition) is 1. The molecule has 3 rings (SSSR count). The Balaban J connectivity index is 1.90. The minimum absolute atomic E-state index is 0.0387. The van der Waals surface area contributed by atoms with Crippen LogP contribution >= 0.6 is 0 Å². The minimum atomic E-state index is -3.73. The Kier molecular flexibility index (Phi) is 6.94. The van der Waals surface area contributed by atoms with Gasteiger partial charge in [0.15, 0.2) is 6.61 Å². The van der Waals surface area contributed by atoms with Gasteiger partial charge in [0.2, 0.25) is 15.8 Å². The van der Waals surface area contributed by atoms with Gasteiger partial charge in [-0.25, -0.2) is 13.2 Å². The fraction of sp³-hybridized carbons (Fsp3) is 0.429. The van der Waals surface area contributed by atoms with Crippen LogP contribution in [0.2, 0.25) is 0 Å². The van der Waals surface area contributed by atoms with Gasteiger partial charge in [-0.3, -0.25) is 4.79 Å². The molecule has 1 aliphatic heterocycles. The number of ether oxygens (including phenoxy) is 1. The van der Waals surface area contributed by atoms with Gasteiger partial charge in [-0.1, -0.05) is 13.8 Å². The molecule has 1 fully saturated rings. The third-order valence-electron chi connectivity index (χ3n) is 5.21. The second-order valence-corrected chi connectivity index (χ2v) is 8.98. The van der Waals surface area contributed by atoms with E-state index in [-0.39, 0.29) is 16.2 Å².